The molecule has 1 unspecified atom stereocenters. The average molecular weight is 212 g/mol. The Hall–Kier alpha value is -0.410. The van der Waals surface area contributed by atoms with E-state index in [4.69, 9.17) is 5.73 Å². The number of hydrogen-bond donors (Lipinski definition) is 1. The number of aryl methyl sites for hydroxylation is 1. The first kappa shape index (κ1) is 11.7. The minimum atomic E-state index is 0.138. The van der Waals surface area contributed by atoms with Crippen LogP contribution in [0.15, 0.2) is 5.38 Å². The normalized spacial score (nSPS) is 13.5. The molecule has 0 spiro atoms. The summed E-state index contributed by atoms with van der Waals surface area (Å²) in [5.41, 5.74) is 7.10. The quantitative estimate of drug-likeness (QED) is 0.813. The zero-order valence-corrected chi connectivity index (χ0v) is 10.1. The maximum atomic E-state index is 6.04. The highest BCUT2D eigenvalue weighted by molar-refractivity contribution is 7.09. The second-order valence-electron chi connectivity index (χ2n) is 4.22. The molecule has 1 aromatic rings. The lowest BCUT2D eigenvalue weighted by Crippen LogP contribution is -2.10. The van der Waals surface area contributed by atoms with Gasteiger partial charge in [0.15, 0.2) is 0 Å². The van der Waals surface area contributed by atoms with Crippen LogP contribution in [0.5, 0.6) is 0 Å². The van der Waals surface area contributed by atoms with Crippen molar-refractivity contribution < 1.29 is 0 Å². The SMILES string of the molecule is Cc1nc(C(N)CCCC(C)C)cs1. The van der Waals surface area contributed by atoms with Crippen LogP contribution in [0, 0.1) is 12.8 Å². The first-order valence-electron chi connectivity index (χ1n) is 5.27. The fraction of sp³-hybridized carbons (Fsp3) is 0.727. The molecule has 1 heterocycles. The molecule has 80 valence electrons. The fourth-order valence-corrected chi connectivity index (χ4v) is 2.12. The second-order valence-corrected chi connectivity index (χ2v) is 5.28. The van der Waals surface area contributed by atoms with Crippen LogP contribution in [-0.2, 0) is 0 Å². The van der Waals surface area contributed by atoms with Crippen molar-refractivity contribution in [1.82, 2.24) is 4.98 Å². The van der Waals surface area contributed by atoms with Crippen LogP contribution < -0.4 is 5.73 Å². The van der Waals surface area contributed by atoms with Gasteiger partial charge in [0.1, 0.15) is 0 Å². The Balaban J connectivity index is 2.32. The number of hydrogen-bond acceptors (Lipinski definition) is 3. The third-order valence-corrected chi connectivity index (χ3v) is 3.11. The van der Waals surface area contributed by atoms with E-state index in [1.807, 2.05) is 6.92 Å². The van der Waals surface area contributed by atoms with Gasteiger partial charge in [0.05, 0.1) is 10.7 Å². The maximum Gasteiger partial charge on any atom is 0.0898 e. The number of nitrogens with two attached hydrogens (primary N) is 1. The fourth-order valence-electron chi connectivity index (χ4n) is 1.44. The number of aromatic nitrogens is 1. The molecule has 0 radical (unpaired) electrons. The van der Waals surface area contributed by atoms with E-state index in [9.17, 15) is 0 Å². The predicted octanol–water partition coefficient (Wildman–Crippen LogP) is 3.28. The van der Waals surface area contributed by atoms with Crippen molar-refractivity contribution in [1.29, 1.82) is 0 Å². The third-order valence-electron chi connectivity index (χ3n) is 2.31. The van der Waals surface area contributed by atoms with Crippen LogP contribution in [0.1, 0.15) is 49.9 Å². The van der Waals surface area contributed by atoms with E-state index < -0.39 is 0 Å². The molecule has 3 heteroatoms. The highest BCUT2D eigenvalue weighted by Gasteiger charge is 2.09. The summed E-state index contributed by atoms with van der Waals surface area (Å²) in [4.78, 5) is 4.40. The summed E-state index contributed by atoms with van der Waals surface area (Å²) < 4.78 is 0. The maximum absolute atomic E-state index is 6.04. The Bertz CT molecular complexity index is 268. The van der Waals surface area contributed by atoms with Gasteiger partial charge in [-0.1, -0.05) is 26.7 Å². The first-order chi connectivity index (χ1) is 6.59. The summed E-state index contributed by atoms with van der Waals surface area (Å²) >= 11 is 1.68. The van der Waals surface area contributed by atoms with Crippen LogP contribution in [-0.4, -0.2) is 4.98 Å². The molecule has 0 fully saturated rings. The molecular weight excluding hydrogens is 192 g/mol. The number of nitrogens with zero attached hydrogens (tertiary/aromatic N) is 1. The standard InChI is InChI=1S/C11H20N2S/c1-8(2)5-4-6-10(12)11-7-14-9(3)13-11/h7-8,10H,4-6,12H2,1-3H3. The first-order valence-corrected chi connectivity index (χ1v) is 6.15. The van der Waals surface area contributed by atoms with E-state index in [0.29, 0.717) is 0 Å². The van der Waals surface area contributed by atoms with E-state index >= 15 is 0 Å². The van der Waals surface area contributed by atoms with Crippen molar-refractivity contribution in [2.75, 3.05) is 0 Å². The molecule has 14 heavy (non-hydrogen) atoms. The average Bonchev–Trinajstić information content (AvgIpc) is 2.51. The zero-order chi connectivity index (χ0) is 10.6. The minimum Gasteiger partial charge on any atom is -0.323 e. The Morgan fingerprint density at radius 3 is 2.64 bits per heavy atom. The molecule has 0 amide bonds. The van der Waals surface area contributed by atoms with E-state index in [1.165, 1.54) is 12.8 Å². The van der Waals surface area contributed by atoms with Gasteiger partial charge in [-0.25, -0.2) is 4.98 Å². The molecule has 0 aliphatic heterocycles. The monoisotopic (exact) mass is 212 g/mol. The van der Waals surface area contributed by atoms with Gasteiger partial charge in [-0.15, -0.1) is 11.3 Å². The molecule has 0 aliphatic carbocycles. The Labute approximate surface area is 90.6 Å². The van der Waals surface area contributed by atoms with Crippen LogP contribution >= 0.6 is 11.3 Å². The van der Waals surface area contributed by atoms with Crippen molar-refractivity contribution in [2.24, 2.45) is 11.7 Å². The number of thiazole rings is 1. The summed E-state index contributed by atoms with van der Waals surface area (Å²) in [6.07, 6.45) is 3.52. The molecule has 2 nitrogen and oxygen atoms in total. The van der Waals surface area contributed by atoms with Crippen LogP contribution in [0.4, 0.5) is 0 Å². The van der Waals surface area contributed by atoms with E-state index in [2.05, 4.69) is 24.2 Å². The van der Waals surface area contributed by atoms with Gasteiger partial charge < -0.3 is 5.73 Å². The lowest BCUT2D eigenvalue weighted by molar-refractivity contribution is 0.502. The van der Waals surface area contributed by atoms with Crippen LogP contribution in [0.2, 0.25) is 0 Å². The molecule has 0 aliphatic rings. The molecule has 1 atom stereocenters. The molecule has 1 rings (SSSR count). The molecule has 0 saturated carbocycles. The predicted molar refractivity (Wildman–Crippen MR) is 62.5 cm³/mol. The Morgan fingerprint density at radius 2 is 2.14 bits per heavy atom. The molecule has 0 saturated heterocycles. The van der Waals surface area contributed by atoms with Crippen LogP contribution in [0.3, 0.4) is 0 Å². The van der Waals surface area contributed by atoms with E-state index in [0.717, 1.165) is 23.0 Å². The topological polar surface area (TPSA) is 38.9 Å². The van der Waals surface area contributed by atoms with Gasteiger partial charge in [0.25, 0.3) is 0 Å². The minimum absolute atomic E-state index is 0.138. The van der Waals surface area contributed by atoms with Crippen molar-refractivity contribution in [3.8, 4) is 0 Å². The summed E-state index contributed by atoms with van der Waals surface area (Å²) in [7, 11) is 0. The summed E-state index contributed by atoms with van der Waals surface area (Å²) in [5, 5.41) is 3.19. The van der Waals surface area contributed by atoms with Gasteiger partial charge in [0.2, 0.25) is 0 Å². The van der Waals surface area contributed by atoms with Gasteiger partial charge >= 0.3 is 0 Å². The lowest BCUT2D eigenvalue weighted by atomic mass is 10.0. The summed E-state index contributed by atoms with van der Waals surface area (Å²) in [6, 6.07) is 0.138. The lowest BCUT2D eigenvalue weighted by Gasteiger charge is -2.09. The van der Waals surface area contributed by atoms with E-state index in [1.54, 1.807) is 11.3 Å². The van der Waals surface area contributed by atoms with Gasteiger partial charge in [-0.2, -0.15) is 0 Å². The zero-order valence-electron chi connectivity index (χ0n) is 9.29. The summed E-state index contributed by atoms with van der Waals surface area (Å²) in [6.45, 7) is 6.52. The van der Waals surface area contributed by atoms with Gasteiger partial charge in [0, 0.05) is 11.4 Å². The van der Waals surface area contributed by atoms with Crippen molar-refractivity contribution in [3.63, 3.8) is 0 Å². The van der Waals surface area contributed by atoms with Crippen molar-refractivity contribution in [2.45, 2.75) is 46.1 Å². The molecule has 0 bridgehead atoms. The Morgan fingerprint density at radius 1 is 1.43 bits per heavy atom. The van der Waals surface area contributed by atoms with Gasteiger partial charge in [-0.3, -0.25) is 0 Å². The highest BCUT2D eigenvalue weighted by Crippen LogP contribution is 2.20. The number of rotatable bonds is 5. The molecule has 0 aromatic carbocycles. The van der Waals surface area contributed by atoms with Crippen LogP contribution in [0.25, 0.3) is 0 Å². The smallest absolute Gasteiger partial charge is 0.0898 e. The molecule has 1 aromatic heterocycles. The molecular formula is C11H20N2S. The van der Waals surface area contributed by atoms with Gasteiger partial charge in [-0.05, 0) is 19.3 Å². The molecule has 2 N–H and O–H groups in total. The highest BCUT2D eigenvalue weighted by atomic mass is 32.1. The van der Waals surface area contributed by atoms with E-state index in [-0.39, 0.29) is 6.04 Å². The van der Waals surface area contributed by atoms with Crippen molar-refractivity contribution >= 4 is 11.3 Å². The second kappa shape index (κ2) is 5.47. The Kier molecular flexibility index (Phi) is 4.55. The third kappa shape index (κ3) is 3.76. The largest absolute Gasteiger partial charge is 0.323 e. The summed E-state index contributed by atoms with van der Waals surface area (Å²) in [5.74, 6) is 0.777. The van der Waals surface area contributed by atoms with Crippen molar-refractivity contribution in [3.05, 3.63) is 16.1 Å².